The SMILES string of the molecule is Cn1c(=O)[nH]c2cc3nc4c5ccc6sc7ccccc7c7ccc(c(=O)n4c3cc21)c5c67. The number of aromatic amines is 1. The van der Waals surface area contributed by atoms with Crippen molar-refractivity contribution in [2.24, 2.45) is 7.05 Å². The molecule has 8 aromatic rings. The second-order valence-electron chi connectivity index (χ2n) is 8.54. The number of aromatic nitrogens is 4. The van der Waals surface area contributed by atoms with Crippen molar-refractivity contribution in [3.8, 4) is 0 Å². The summed E-state index contributed by atoms with van der Waals surface area (Å²) in [5.74, 6) is 0. The van der Waals surface area contributed by atoms with Gasteiger partial charge < -0.3 is 4.98 Å². The Labute approximate surface area is 188 Å². The zero-order chi connectivity index (χ0) is 22.0. The number of rotatable bonds is 0. The van der Waals surface area contributed by atoms with Crippen molar-refractivity contribution in [1.29, 1.82) is 0 Å². The zero-order valence-corrected chi connectivity index (χ0v) is 18.2. The molecule has 0 bridgehead atoms. The number of nitrogens with zero attached hydrogens (tertiary/aromatic N) is 3. The van der Waals surface area contributed by atoms with Crippen LogP contribution in [0.2, 0.25) is 0 Å². The predicted octanol–water partition coefficient (Wildman–Crippen LogP) is 5.14. The Kier molecular flexibility index (Phi) is 2.93. The van der Waals surface area contributed by atoms with E-state index in [1.807, 2.05) is 18.2 Å². The molecule has 0 aliphatic carbocycles. The molecule has 4 aromatic carbocycles. The third-order valence-electron chi connectivity index (χ3n) is 6.87. The van der Waals surface area contributed by atoms with E-state index < -0.39 is 0 Å². The number of hydrogen-bond donors (Lipinski definition) is 1. The van der Waals surface area contributed by atoms with Crippen LogP contribution in [-0.2, 0) is 7.05 Å². The third kappa shape index (κ3) is 1.97. The van der Waals surface area contributed by atoms with Crippen LogP contribution in [0.15, 0.2) is 70.3 Å². The van der Waals surface area contributed by atoms with E-state index >= 15 is 0 Å². The summed E-state index contributed by atoms with van der Waals surface area (Å²) in [7, 11) is 1.72. The molecule has 7 heteroatoms. The second kappa shape index (κ2) is 5.57. The molecule has 0 saturated carbocycles. The Morgan fingerprint density at radius 1 is 0.818 bits per heavy atom. The molecule has 0 amide bonds. The fourth-order valence-electron chi connectivity index (χ4n) is 5.34. The number of pyridine rings is 1. The highest BCUT2D eigenvalue weighted by atomic mass is 32.1. The molecule has 0 unspecified atom stereocenters. The normalized spacial score (nSPS) is 12.6. The minimum absolute atomic E-state index is 0.0903. The van der Waals surface area contributed by atoms with Crippen molar-refractivity contribution in [1.82, 2.24) is 18.9 Å². The molecule has 0 atom stereocenters. The minimum Gasteiger partial charge on any atom is -0.305 e. The largest absolute Gasteiger partial charge is 0.326 e. The van der Waals surface area contributed by atoms with Crippen LogP contribution in [0.3, 0.4) is 0 Å². The van der Waals surface area contributed by atoms with Gasteiger partial charge in [0.15, 0.2) is 0 Å². The molecule has 33 heavy (non-hydrogen) atoms. The van der Waals surface area contributed by atoms with E-state index in [9.17, 15) is 9.59 Å². The van der Waals surface area contributed by atoms with Crippen LogP contribution >= 0.6 is 11.3 Å². The Morgan fingerprint density at radius 3 is 2.55 bits per heavy atom. The maximum Gasteiger partial charge on any atom is 0.326 e. The summed E-state index contributed by atoms with van der Waals surface area (Å²) in [6, 6.07) is 20.3. The van der Waals surface area contributed by atoms with E-state index in [0.717, 1.165) is 31.8 Å². The van der Waals surface area contributed by atoms with E-state index in [1.54, 1.807) is 27.4 Å². The summed E-state index contributed by atoms with van der Waals surface area (Å²) >= 11 is 1.75. The predicted molar refractivity (Wildman–Crippen MR) is 135 cm³/mol. The summed E-state index contributed by atoms with van der Waals surface area (Å²) in [6.07, 6.45) is 0. The molecule has 0 aliphatic heterocycles. The van der Waals surface area contributed by atoms with Gasteiger partial charge in [-0.15, -0.1) is 11.3 Å². The van der Waals surface area contributed by atoms with Crippen molar-refractivity contribution in [2.75, 3.05) is 0 Å². The lowest BCUT2D eigenvalue weighted by molar-refractivity contribution is 0.892. The molecule has 6 nitrogen and oxygen atoms in total. The highest BCUT2D eigenvalue weighted by Crippen LogP contribution is 2.41. The van der Waals surface area contributed by atoms with Crippen LogP contribution in [-0.4, -0.2) is 18.9 Å². The van der Waals surface area contributed by atoms with Crippen molar-refractivity contribution in [3.63, 3.8) is 0 Å². The lowest BCUT2D eigenvalue weighted by Gasteiger charge is -2.13. The van der Waals surface area contributed by atoms with Crippen LogP contribution < -0.4 is 11.2 Å². The van der Waals surface area contributed by atoms with Crippen LogP contribution in [0, 0.1) is 0 Å². The summed E-state index contributed by atoms with van der Waals surface area (Å²) in [5.41, 5.74) is 3.21. The maximum absolute atomic E-state index is 13.8. The van der Waals surface area contributed by atoms with Gasteiger partial charge in [-0.05, 0) is 47.2 Å². The van der Waals surface area contributed by atoms with E-state index in [1.165, 1.54) is 10.1 Å². The minimum atomic E-state index is -0.190. The summed E-state index contributed by atoms with van der Waals surface area (Å²) in [5, 5.41) is 6.08. The van der Waals surface area contributed by atoms with Crippen molar-refractivity contribution in [3.05, 3.63) is 81.5 Å². The summed E-state index contributed by atoms with van der Waals surface area (Å²) in [6.45, 7) is 0. The van der Waals surface area contributed by atoms with Crippen molar-refractivity contribution in [2.45, 2.75) is 0 Å². The number of hydrogen-bond acceptors (Lipinski definition) is 4. The highest BCUT2D eigenvalue weighted by molar-refractivity contribution is 7.25. The third-order valence-corrected chi connectivity index (χ3v) is 8.01. The molecule has 0 fully saturated rings. The van der Waals surface area contributed by atoms with Crippen molar-refractivity contribution >= 4 is 80.8 Å². The fraction of sp³-hybridized carbons (Fsp3) is 0.0385. The van der Waals surface area contributed by atoms with Gasteiger partial charge in [-0.2, -0.15) is 0 Å². The van der Waals surface area contributed by atoms with Crippen molar-refractivity contribution < 1.29 is 0 Å². The van der Waals surface area contributed by atoms with Gasteiger partial charge in [-0.25, -0.2) is 9.78 Å². The number of fused-ring (bicyclic) bond motifs is 7. The van der Waals surface area contributed by atoms with Gasteiger partial charge in [0.2, 0.25) is 0 Å². The quantitative estimate of drug-likeness (QED) is 0.259. The second-order valence-corrected chi connectivity index (χ2v) is 9.63. The molecule has 156 valence electrons. The molecule has 0 radical (unpaired) electrons. The first-order valence-corrected chi connectivity index (χ1v) is 11.4. The van der Waals surface area contributed by atoms with Gasteiger partial charge in [-0.3, -0.25) is 13.8 Å². The Bertz CT molecular complexity index is 2250. The van der Waals surface area contributed by atoms with Gasteiger partial charge in [0, 0.05) is 38.0 Å². The monoisotopic (exact) mass is 446 g/mol. The topological polar surface area (TPSA) is 72.2 Å². The van der Waals surface area contributed by atoms with E-state index in [0.29, 0.717) is 27.6 Å². The van der Waals surface area contributed by atoms with Crippen LogP contribution in [0.5, 0.6) is 0 Å². The standard InChI is InChI=1S/C26H14N4O2S/c1-29-18-11-19-17(10-16(18)28-26(29)32)27-24-14-8-9-21-23-13(12-4-2-3-5-20(12)33-21)6-7-15(22(14)23)25(31)30(19)24/h2-11H,1H3,(H,28,32). The first-order valence-electron chi connectivity index (χ1n) is 10.6. The van der Waals surface area contributed by atoms with Gasteiger partial charge in [0.1, 0.15) is 5.65 Å². The Morgan fingerprint density at radius 2 is 1.64 bits per heavy atom. The molecule has 1 N–H and O–H groups in total. The average Bonchev–Trinajstić information content (AvgIpc) is 3.34. The van der Waals surface area contributed by atoms with Crippen LogP contribution in [0.1, 0.15) is 0 Å². The number of benzene rings is 4. The molecular weight excluding hydrogens is 432 g/mol. The molecule has 8 rings (SSSR count). The fourth-order valence-corrected chi connectivity index (χ4v) is 6.46. The Hall–Kier alpha value is -4.23. The smallest absolute Gasteiger partial charge is 0.305 e. The molecule has 0 aliphatic rings. The van der Waals surface area contributed by atoms with Crippen LogP contribution in [0.25, 0.3) is 69.4 Å². The molecule has 4 heterocycles. The van der Waals surface area contributed by atoms with Gasteiger partial charge in [-0.1, -0.05) is 24.3 Å². The first kappa shape index (κ1) is 17.3. The van der Waals surface area contributed by atoms with Gasteiger partial charge >= 0.3 is 5.69 Å². The average molecular weight is 446 g/mol. The zero-order valence-electron chi connectivity index (χ0n) is 17.3. The van der Waals surface area contributed by atoms with Gasteiger partial charge in [0.05, 0.1) is 22.1 Å². The van der Waals surface area contributed by atoms with Crippen LogP contribution in [0.4, 0.5) is 0 Å². The summed E-state index contributed by atoms with van der Waals surface area (Å²) < 4.78 is 5.62. The maximum atomic E-state index is 13.8. The molecule has 0 spiro atoms. The first-order chi connectivity index (χ1) is 16.1. The molecular formula is C26H14N4O2S. The number of aryl methyl sites for hydroxylation is 1. The highest BCUT2D eigenvalue weighted by Gasteiger charge is 2.20. The molecule has 4 aromatic heterocycles. The molecule has 0 saturated heterocycles. The lowest BCUT2D eigenvalue weighted by Crippen LogP contribution is -2.13. The summed E-state index contributed by atoms with van der Waals surface area (Å²) in [4.78, 5) is 33.6. The van der Waals surface area contributed by atoms with E-state index in [4.69, 9.17) is 4.98 Å². The lowest BCUT2D eigenvalue weighted by atomic mass is 9.98. The van der Waals surface area contributed by atoms with Gasteiger partial charge in [0.25, 0.3) is 5.56 Å². The number of H-pyrrole nitrogens is 1. The Balaban J connectivity index is 1.66. The number of imidazole rings is 2. The van der Waals surface area contributed by atoms with E-state index in [2.05, 4.69) is 47.4 Å². The van der Waals surface area contributed by atoms with E-state index in [-0.39, 0.29) is 11.2 Å². The number of nitrogens with one attached hydrogen (secondary N) is 1.